The van der Waals surface area contributed by atoms with Crippen LogP contribution in [0.2, 0.25) is 0 Å². The number of anilines is 1. The average Bonchev–Trinajstić information content (AvgIpc) is 3.41. The van der Waals surface area contributed by atoms with Crippen LogP contribution in [0.3, 0.4) is 0 Å². The van der Waals surface area contributed by atoms with Crippen molar-refractivity contribution in [3.05, 3.63) is 47.0 Å². The summed E-state index contributed by atoms with van der Waals surface area (Å²) in [6.07, 6.45) is 6.98. The third kappa shape index (κ3) is 9.43. The normalized spacial score (nSPS) is 23.8. The predicted octanol–water partition coefficient (Wildman–Crippen LogP) is 4.84. The summed E-state index contributed by atoms with van der Waals surface area (Å²) < 4.78 is 40.1. The Balaban J connectivity index is 0.945. The van der Waals surface area contributed by atoms with Crippen LogP contribution in [0.1, 0.15) is 72.9 Å². The number of aryl methyl sites for hydroxylation is 1. The third-order valence-electron chi connectivity index (χ3n) is 10.6. The highest BCUT2D eigenvalue weighted by Gasteiger charge is 2.55. The van der Waals surface area contributed by atoms with E-state index in [0.29, 0.717) is 36.7 Å². The number of rotatable bonds is 17. The van der Waals surface area contributed by atoms with Gasteiger partial charge < -0.3 is 44.9 Å². The molecule has 2 aromatic rings. The molecule has 0 spiro atoms. The van der Waals surface area contributed by atoms with Gasteiger partial charge in [0, 0.05) is 26.3 Å². The molecule has 51 heavy (non-hydrogen) atoms. The summed E-state index contributed by atoms with van der Waals surface area (Å²) >= 11 is 0. The molecule has 280 valence electrons. The van der Waals surface area contributed by atoms with Gasteiger partial charge in [-0.05, 0) is 97.1 Å². The van der Waals surface area contributed by atoms with E-state index in [9.17, 15) is 24.1 Å². The van der Waals surface area contributed by atoms with E-state index in [1.807, 2.05) is 6.07 Å². The number of phenols is 1. The van der Waals surface area contributed by atoms with Crippen molar-refractivity contribution >= 4 is 30.8 Å². The quantitative estimate of drug-likeness (QED) is 0.0999. The number of carbonyl (C=O) groups excluding carboxylic acids is 3. The van der Waals surface area contributed by atoms with Crippen LogP contribution >= 0.6 is 7.37 Å². The molecule has 0 aromatic heterocycles. The van der Waals surface area contributed by atoms with E-state index in [-0.39, 0.29) is 67.3 Å². The molecule has 3 amide bonds. The van der Waals surface area contributed by atoms with Gasteiger partial charge in [0.05, 0.1) is 45.3 Å². The first kappa shape index (κ1) is 38.6. The fourth-order valence-corrected chi connectivity index (χ4v) is 9.01. The van der Waals surface area contributed by atoms with Crippen molar-refractivity contribution in [2.45, 2.75) is 63.9 Å². The topological polar surface area (TPSA) is 185 Å². The number of carbonyl (C=O) groups is 3. The van der Waals surface area contributed by atoms with Crippen molar-refractivity contribution in [2.75, 3.05) is 65.3 Å². The van der Waals surface area contributed by atoms with E-state index < -0.39 is 24.9 Å². The molecule has 4 unspecified atom stereocenters. The molecule has 0 heterocycles. The average molecular weight is 730 g/mol. The van der Waals surface area contributed by atoms with Crippen molar-refractivity contribution in [3.8, 4) is 17.2 Å². The van der Waals surface area contributed by atoms with E-state index in [2.05, 4.69) is 29.7 Å². The number of nitrogens with one attached hydrogen (secondary N) is 2. The summed E-state index contributed by atoms with van der Waals surface area (Å²) in [5.41, 5.74) is 7.94. The zero-order valence-electron chi connectivity index (χ0n) is 30.0. The molecule has 0 aliphatic heterocycles. The highest BCUT2D eigenvalue weighted by molar-refractivity contribution is 7.57. The number of aromatic hydroxyl groups is 1. The van der Waals surface area contributed by atoms with Crippen molar-refractivity contribution in [2.24, 2.45) is 23.0 Å². The number of primary amides is 1. The molecule has 2 fully saturated rings. The fourth-order valence-electron chi connectivity index (χ4n) is 8.39. The van der Waals surface area contributed by atoms with Crippen molar-refractivity contribution in [1.82, 2.24) is 5.32 Å². The summed E-state index contributed by atoms with van der Waals surface area (Å²) in [7, 11) is -1.27. The van der Waals surface area contributed by atoms with E-state index in [1.165, 1.54) is 30.4 Å². The van der Waals surface area contributed by atoms with E-state index in [0.717, 1.165) is 38.5 Å². The first-order valence-electron chi connectivity index (χ1n) is 17.7. The maximum atomic E-state index is 12.5. The van der Waals surface area contributed by atoms with Crippen LogP contribution in [0.15, 0.2) is 30.3 Å². The molecular formula is C37H52N3O10P. The van der Waals surface area contributed by atoms with E-state index >= 15 is 0 Å². The molecule has 5 N–H and O–H groups in total. The molecule has 14 heteroatoms. The number of amides is 3. The van der Waals surface area contributed by atoms with Gasteiger partial charge in [0.2, 0.25) is 19.2 Å². The van der Waals surface area contributed by atoms with Crippen LogP contribution in [-0.4, -0.2) is 89.0 Å². The zero-order valence-corrected chi connectivity index (χ0v) is 30.9. The Kier molecular flexibility index (Phi) is 12.7. The number of hydrogen-bond donors (Lipinski definition) is 4. The van der Waals surface area contributed by atoms with Gasteiger partial charge in [-0.1, -0.05) is 13.0 Å². The molecule has 13 nitrogen and oxygen atoms in total. The summed E-state index contributed by atoms with van der Waals surface area (Å²) in [5.74, 6) is 0.538. The van der Waals surface area contributed by atoms with Gasteiger partial charge in [0.15, 0.2) is 5.75 Å². The second-order valence-electron chi connectivity index (χ2n) is 14.3. The third-order valence-corrected chi connectivity index (χ3v) is 11.3. The minimum Gasteiger partial charge on any atom is -0.505 e. The van der Waals surface area contributed by atoms with E-state index in [1.54, 1.807) is 13.3 Å². The molecule has 2 aromatic carbocycles. The van der Waals surface area contributed by atoms with Gasteiger partial charge in [0.1, 0.15) is 23.7 Å². The number of benzene rings is 2. The largest absolute Gasteiger partial charge is 0.505 e. The zero-order chi connectivity index (χ0) is 36.8. The molecule has 5 rings (SSSR count). The maximum Gasteiger partial charge on any atom is 0.256 e. The van der Waals surface area contributed by atoms with Gasteiger partial charge in [-0.3, -0.25) is 18.9 Å². The predicted molar refractivity (Wildman–Crippen MR) is 192 cm³/mol. The molecule has 5 atom stereocenters. The van der Waals surface area contributed by atoms with Crippen molar-refractivity contribution in [3.63, 3.8) is 0 Å². The van der Waals surface area contributed by atoms with Crippen LogP contribution in [0, 0.1) is 17.3 Å². The van der Waals surface area contributed by atoms with Crippen molar-refractivity contribution < 1.29 is 47.5 Å². The molecule has 0 bridgehead atoms. The smallest absolute Gasteiger partial charge is 0.256 e. The van der Waals surface area contributed by atoms with Gasteiger partial charge in [-0.15, -0.1) is 0 Å². The molecule has 3 aliphatic carbocycles. The number of methoxy groups -OCH3 is 1. The Labute approximate surface area is 299 Å². The SMILES string of the molecule is COc1ccc(NC(=O)COCCOCCNC(=O)CCO[C@@H]2CCC3C4CCc5cc(OP(C)(C)=O)ccc5C4CCC32C)c(O)c1C(N)=O. The number of hydrogen-bond acceptors (Lipinski definition) is 10. The monoisotopic (exact) mass is 729 g/mol. The Morgan fingerprint density at radius 2 is 1.78 bits per heavy atom. The van der Waals surface area contributed by atoms with Crippen LogP contribution in [0.25, 0.3) is 0 Å². The Morgan fingerprint density at radius 3 is 2.53 bits per heavy atom. The van der Waals surface area contributed by atoms with E-state index in [4.69, 9.17) is 29.2 Å². The summed E-state index contributed by atoms with van der Waals surface area (Å²) in [5, 5.41) is 15.6. The molecule has 0 saturated heterocycles. The lowest BCUT2D eigenvalue weighted by molar-refractivity contribution is -0.124. The minimum absolute atomic E-state index is 0.00485. The summed E-state index contributed by atoms with van der Waals surface area (Å²) in [4.78, 5) is 36.3. The number of fused-ring (bicyclic) bond motifs is 5. The maximum absolute atomic E-state index is 12.5. The minimum atomic E-state index is -2.60. The molecule has 0 radical (unpaired) electrons. The van der Waals surface area contributed by atoms with Gasteiger partial charge in [-0.2, -0.15) is 0 Å². The number of ether oxygens (including phenoxy) is 4. The van der Waals surface area contributed by atoms with Gasteiger partial charge in [0.25, 0.3) is 5.91 Å². The highest BCUT2D eigenvalue weighted by atomic mass is 31.2. The van der Waals surface area contributed by atoms with Gasteiger partial charge in [-0.25, -0.2) is 0 Å². The molecule has 3 aliphatic rings. The fraction of sp³-hybridized carbons (Fsp3) is 0.595. The lowest BCUT2D eigenvalue weighted by Gasteiger charge is -2.50. The Morgan fingerprint density at radius 1 is 1.00 bits per heavy atom. The molecule has 2 saturated carbocycles. The molecular weight excluding hydrogens is 677 g/mol. The Bertz CT molecular complexity index is 1630. The second-order valence-corrected chi connectivity index (χ2v) is 17.0. The van der Waals surface area contributed by atoms with Crippen LogP contribution < -0.4 is 25.6 Å². The van der Waals surface area contributed by atoms with Gasteiger partial charge >= 0.3 is 0 Å². The summed E-state index contributed by atoms with van der Waals surface area (Å²) in [6.45, 7) is 6.75. The standard InChI is InChI=1S/C37H52N3O10P/c1-37-15-13-26-25-8-6-24(50-51(3,4)45)21-23(25)5-7-27(26)28(37)9-12-31(37)49-17-14-32(41)39-16-18-47-19-20-48-22-33(42)40-29-10-11-30(46-2)34(35(29)43)36(38)44/h6,8,10-11,21,26-28,31,43H,5,7,9,12-20,22H2,1-4H3,(H2,38,44)(H,39,41)(H,40,42)/t26?,27?,28?,31-,37?/m1/s1. The van der Waals surface area contributed by atoms with Crippen LogP contribution in [0.5, 0.6) is 17.2 Å². The first-order chi connectivity index (χ1) is 24.3. The number of nitrogens with two attached hydrogens (primary N) is 1. The second kappa shape index (κ2) is 16.8. The lowest BCUT2D eigenvalue weighted by Crippen LogP contribution is -2.45. The highest BCUT2D eigenvalue weighted by Crippen LogP contribution is 2.61. The first-order valence-corrected chi connectivity index (χ1v) is 20.2. The summed E-state index contributed by atoms with van der Waals surface area (Å²) in [6, 6.07) is 9.08. The lowest BCUT2D eigenvalue weighted by atomic mass is 9.55. The van der Waals surface area contributed by atoms with Crippen LogP contribution in [-0.2, 0) is 34.8 Å². The Hall–Kier alpha value is -3.64. The van der Waals surface area contributed by atoms with Crippen molar-refractivity contribution in [1.29, 1.82) is 0 Å². The van der Waals surface area contributed by atoms with Crippen LogP contribution in [0.4, 0.5) is 5.69 Å².